The Morgan fingerprint density at radius 2 is 2.04 bits per heavy atom. The summed E-state index contributed by atoms with van der Waals surface area (Å²) >= 11 is 14.3. The molecule has 0 aliphatic rings. The van der Waals surface area contributed by atoms with Crippen LogP contribution in [0.3, 0.4) is 0 Å². The average Bonchev–Trinajstić information content (AvgIpc) is 2.53. The van der Waals surface area contributed by atoms with E-state index in [-0.39, 0.29) is 0 Å². The Hall–Kier alpha value is -1.42. The largest absolute Gasteiger partial charge is 0.492 e. The highest BCUT2D eigenvalue weighted by molar-refractivity contribution is 14.1. The van der Waals surface area contributed by atoms with Crippen LogP contribution >= 0.6 is 45.8 Å². The summed E-state index contributed by atoms with van der Waals surface area (Å²) in [6.07, 6.45) is 1.76. The summed E-state index contributed by atoms with van der Waals surface area (Å²) in [6, 6.07) is 11.0. The zero-order chi connectivity index (χ0) is 17.7. The lowest BCUT2D eigenvalue weighted by Crippen LogP contribution is -1.98. The summed E-state index contributed by atoms with van der Waals surface area (Å²) in [5.41, 5.74) is 1.90. The molecule has 6 heteroatoms. The highest BCUT2D eigenvalue weighted by Gasteiger charge is 2.12. The fourth-order valence-corrected chi connectivity index (χ4v) is 3.53. The molecular formula is C18H14Cl2INO2. The van der Waals surface area contributed by atoms with Crippen molar-refractivity contribution >= 4 is 57.4 Å². The maximum atomic E-state index is 9.51. The monoisotopic (exact) mass is 473 g/mol. The summed E-state index contributed by atoms with van der Waals surface area (Å²) in [6.45, 7) is 2.43. The molecule has 0 saturated heterocycles. The number of allylic oxidation sites excluding steroid dienone is 1. The first-order valence-corrected chi connectivity index (χ1v) is 8.91. The van der Waals surface area contributed by atoms with Crippen molar-refractivity contribution in [2.75, 3.05) is 13.7 Å². The Morgan fingerprint density at radius 3 is 2.62 bits per heavy atom. The molecule has 0 fully saturated rings. The quantitative estimate of drug-likeness (QED) is 0.300. The van der Waals surface area contributed by atoms with Gasteiger partial charge >= 0.3 is 0 Å². The number of halogens is 3. The molecule has 2 aromatic carbocycles. The lowest BCUT2D eigenvalue weighted by Gasteiger charge is -2.12. The second kappa shape index (κ2) is 8.61. The third kappa shape index (κ3) is 4.35. The Bertz CT molecular complexity index is 828. The van der Waals surface area contributed by atoms with E-state index in [1.165, 1.54) is 0 Å². The van der Waals surface area contributed by atoms with Crippen LogP contribution in [0.25, 0.3) is 11.6 Å². The van der Waals surface area contributed by atoms with Gasteiger partial charge in [-0.2, -0.15) is 5.26 Å². The highest BCUT2D eigenvalue weighted by Crippen LogP contribution is 2.35. The number of methoxy groups -OCH3 is 1. The van der Waals surface area contributed by atoms with Gasteiger partial charge in [-0.3, -0.25) is 0 Å². The van der Waals surface area contributed by atoms with Crippen molar-refractivity contribution in [3.05, 3.63) is 55.1 Å². The lowest BCUT2D eigenvalue weighted by atomic mass is 10.0. The molecule has 3 nitrogen and oxygen atoms in total. The predicted molar refractivity (Wildman–Crippen MR) is 107 cm³/mol. The Kier molecular flexibility index (Phi) is 6.79. The van der Waals surface area contributed by atoms with Crippen molar-refractivity contribution in [1.29, 1.82) is 5.26 Å². The van der Waals surface area contributed by atoms with Crippen LogP contribution in [0.4, 0.5) is 0 Å². The molecule has 0 bridgehead atoms. The molecule has 24 heavy (non-hydrogen) atoms. The van der Waals surface area contributed by atoms with Crippen LogP contribution in [0, 0.1) is 14.9 Å². The fraction of sp³-hybridized carbons (Fsp3) is 0.167. The van der Waals surface area contributed by atoms with Gasteiger partial charge in [-0.15, -0.1) is 0 Å². The van der Waals surface area contributed by atoms with Gasteiger partial charge in [0.15, 0.2) is 11.5 Å². The summed E-state index contributed by atoms with van der Waals surface area (Å²) in [4.78, 5) is 0. The maximum Gasteiger partial charge on any atom is 0.174 e. The molecule has 124 valence electrons. The maximum absolute atomic E-state index is 9.51. The van der Waals surface area contributed by atoms with Crippen LogP contribution in [0.2, 0.25) is 10.0 Å². The number of nitriles is 1. The van der Waals surface area contributed by atoms with Crippen LogP contribution in [-0.4, -0.2) is 13.7 Å². The molecule has 0 N–H and O–H groups in total. The van der Waals surface area contributed by atoms with Crippen molar-refractivity contribution in [2.45, 2.75) is 6.92 Å². The second-order valence-corrected chi connectivity index (χ2v) is 6.77. The van der Waals surface area contributed by atoms with Gasteiger partial charge in [0.1, 0.15) is 0 Å². The first kappa shape index (κ1) is 18.9. The van der Waals surface area contributed by atoms with Crippen LogP contribution < -0.4 is 9.47 Å². The van der Waals surface area contributed by atoms with Gasteiger partial charge in [0.25, 0.3) is 0 Å². The van der Waals surface area contributed by atoms with E-state index in [0.29, 0.717) is 39.3 Å². The molecule has 0 saturated carbocycles. The number of ether oxygens (including phenoxy) is 2. The fourth-order valence-electron chi connectivity index (χ4n) is 2.18. The predicted octanol–water partition coefficient (Wildman–Crippen LogP) is 6.07. The smallest absolute Gasteiger partial charge is 0.174 e. The molecule has 0 spiro atoms. The van der Waals surface area contributed by atoms with Crippen molar-refractivity contribution in [3.63, 3.8) is 0 Å². The SMILES string of the molecule is CCOc1cc(/C=C(\C#N)c2ccc(Cl)cc2Cl)cc(I)c1OC. The number of nitrogens with zero attached hydrogens (tertiary/aromatic N) is 1. The van der Waals surface area contributed by atoms with Crippen LogP contribution in [0.1, 0.15) is 18.1 Å². The highest BCUT2D eigenvalue weighted by atomic mass is 127. The first-order valence-electron chi connectivity index (χ1n) is 7.07. The number of hydrogen-bond donors (Lipinski definition) is 0. The van der Waals surface area contributed by atoms with E-state index in [1.807, 2.05) is 19.1 Å². The lowest BCUT2D eigenvalue weighted by molar-refractivity contribution is 0.309. The van der Waals surface area contributed by atoms with E-state index in [4.69, 9.17) is 32.7 Å². The summed E-state index contributed by atoms with van der Waals surface area (Å²) in [5, 5.41) is 10.5. The third-order valence-corrected chi connectivity index (χ3v) is 4.54. The third-order valence-electron chi connectivity index (χ3n) is 3.19. The van der Waals surface area contributed by atoms with Gasteiger partial charge in [0.05, 0.1) is 34.0 Å². The molecule has 0 unspecified atom stereocenters. The van der Waals surface area contributed by atoms with Crippen LogP contribution in [0.5, 0.6) is 11.5 Å². The summed E-state index contributed by atoms with van der Waals surface area (Å²) in [5.74, 6) is 1.32. The Labute approximate surface area is 164 Å². The number of hydrogen-bond acceptors (Lipinski definition) is 3. The minimum Gasteiger partial charge on any atom is -0.492 e. The van der Waals surface area contributed by atoms with Crippen molar-refractivity contribution in [1.82, 2.24) is 0 Å². The van der Waals surface area contributed by atoms with Gasteiger partial charge in [-0.05, 0) is 65.4 Å². The average molecular weight is 474 g/mol. The van der Waals surface area contributed by atoms with E-state index < -0.39 is 0 Å². The molecule has 2 rings (SSSR count). The zero-order valence-corrected chi connectivity index (χ0v) is 16.7. The van der Waals surface area contributed by atoms with Crippen LogP contribution in [0.15, 0.2) is 30.3 Å². The Morgan fingerprint density at radius 1 is 1.29 bits per heavy atom. The Balaban J connectivity index is 2.53. The zero-order valence-electron chi connectivity index (χ0n) is 13.1. The van der Waals surface area contributed by atoms with Gasteiger partial charge in [0, 0.05) is 10.6 Å². The molecule has 0 aliphatic carbocycles. The second-order valence-electron chi connectivity index (χ2n) is 4.76. The van der Waals surface area contributed by atoms with Gasteiger partial charge in [-0.25, -0.2) is 0 Å². The first-order chi connectivity index (χ1) is 11.5. The molecule has 0 radical (unpaired) electrons. The number of benzene rings is 2. The summed E-state index contributed by atoms with van der Waals surface area (Å²) < 4.78 is 11.9. The minimum absolute atomic E-state index is 0.434. The molecule has 2 aromatic rings. The van der Waals surface area contributed by atoms with Gasteiger partial charge < -0.3 is 9.47 Å². The van der Waals surface area contributed by atoms with Crippen molar-refractivity contribution in [2.24, 2.45) is 0 Å². The van der Waals surface area contributed by atoms with E-state index in [2.05, 4.69) is 28.7 Å². The number of rotatable bonds is 5. The molecular weight excluding hydrogens is 460 g/mol. The standard InChI is InChI=1S/C18H14Cl2INO2/c1-3-24-17-8-11(7-16(21)18(17)23-2)6-12(10-22)14-5-4-13(19)9-15(14)20/h4-9H,3H2,1-2H3/b12-6+. The van der Waals surface area contributed by atoms with Crippen molar-refractivity contribution < 1.29 is 9.47 Å². The molecule has 0 heterocycles. The van der Waals surface area contributed by atoms with E-state index in [1.54, 1.807) is 31.4 Å². The van der Waals surface area contributed by atoms with Crippen molar-refractivity contribution in [3.8, 4) is 17.6 Å². The van der Waals surface area contributed by atoms with Gasteiger partial charge in [0.2, 0.25) is 0 Å². The summed E-state index contributed by atoms with van der Waals surface area (Å²) in [7, 11) is 1.60. The topological polar surface area (TPSA) is 42.2 Å². The normalized spacial score (nSPS) is 11.1. The molecule has 0 aromatic heterocycles. The van der Waals surface area contributed by atoms with E-state index >= 15 is 0 Å². The van der Waals surface area contributed by atoms with Gasteiger partial charge in [-0.1, -0.05) is 29.3 Å². The van der Waals surface area contributed by atoms with E-state index in [0.717, 1.165) is 9.13 Å². The molecule has 0 aliphatic heterocycles. The molecule has 0 amide bonds. The van der Waals surface area contributed by atoms with Crippen LogP contribution in [-0.2, 0) is 0 Å². The van der Waals surface area contributed by atoms with E-state index in [9.17, 15) is 5.26 Å². The minimum atomic E-state index is 0.434. The molecule has 0 atom stereocenters.